The number of amides is 1. The van der Waals surface area contributed by atoms with E-state index in [1.165, 1.54) is 12.5 Å². The van der Waals surface area contributed by atoms with Crippen LogP contribution in [0, 0.1) is 5.92 Å². The maximum absolute atomic E-state index is 11.9. The molecule has 1 saturated heterocycles. The van der Waals surface area contributed by atoms with E-state index in [2.05, 4.69) is 12.1 Å². The number of rotatable bonds is 5. The molecule has 0 spiro atoms. The summed E-state index contributed by atoms with van der Waals surface area (Å²) in [6, 6.07) is 10.2. The maximum Gasteiger partial charge on any atom is 0.310 e. The highest BCUT2D eigenvalue weighted by atomic mass is 16.5. The van der Waals surface area contributed by atoms with Gasteiger partial charge in [-0.1, -0.05) is 30.3 Å². The van der Waals surface area contributed by atoms with Gasteiger partial charge in [-0.15, -0.1) is 0 Å². The highest BCUT2D eigenvalue weighted by molar-refractivity contribution is 5.77. The Balaban J connectivity index is 1.65. The van der Waals surface area contributed by atoms with E-state index in [-0.39, 0.29) is 17.8 Å². The van der Waals surface area contributed by atoms with Crippen LogP contribution in [0.15, 0.2) is 30.3 Å². The topological polar surface area (TPSA) is 46.6 Å². The molecule has 4 heteroatoms. The normalized spacial score (nSPS) is 18.1. The van der Waals surface area contributed by atoms with Gasteiger partial charge in [-0.05, 0) is 24.8 Å². The van der Waals surface area contributed by atoms with Crippen LogP contribution in [0.5, 0.6) is 0 Å². The van der Waals surface area contributed by atoms with E-state index in [9.17, 15) is 9.59 Å². The van der Waals surface area contributed by atoms with Gasteiger partial charge < -0.3 is 9.64 Å². The fourth-order valence-electron chi connectivity index (χ4n) is 2.45. The lowest BCUT2D eigenvalue weighted by Crippen LogP contribution is -2.28. The van der Waals surface area contributed by atoms with Gasteiger partial charge in [0.15, 0.2) is 0 Å². The predicted molar refractivity (Wildman–Crippen MR) is 76.1 cm³/mol. The summed E-state index contributed by atoms with van der Waals surface area (Å²) in [5.74, 6) is -0.276. The number of aryl methyl sites for hydroxylation is 1. The van der Waals surface area contributed by atoms with Gasteiger partial charge in [0.25, 0.3) is 0 Å². The molecule has 1 aliphatic heterocycles. The van der Waals surface area contributed by atoms with Gasteiger partial charge in [-0.25, -0.2) is 0 Å². The number of likely N-dealkylation sites (tertiary alicyclic amines) is 1. The van der Waals surface area contributed by atoms with Crippen LogP contribution in [0.2, 0.25) is 0 Å². The zero-order valence-corrected chi connectivity index (χ0v) is 11.9. The standard InChI is InChI=1S/C16H21NO3/c1-13(18)17-10-9-15(12-17)16(19)20-11-5-8-14-6-3-2-4-7-14/h2-4,6-7,15H,5,8-12H2,1H3/t15-/m0/s1. The molecule has 1 aromatic carbocycles. The summed E-state index contributed by atoms with van der Waals surface area (Å²) in [7, 11) is 0. The lowest BCUT2D eigenvalue weighted by atomic mass is 10.1. The minimum absolute atomic E-state index is 0.0318. The fraction of sp³-hybridized carbons (Fsp3) is 0.500. The zero-order chi connectivity index (χ0) is 14.4. The molecule has 0 N–H and O–H groups in total. The van der Waals surface area contributed by atoms with Crippen LogP contribution < -0.4 is 0 Å². The van der Waals surface area contributed by atoms with E-state index in [0.717, 1.165) is 19.3 Å². The number of carbonyl (C=O) groups is 2. The third-order valence-electron chi connectivity index (χ3n) is 3.66. The Hall–Kier alpha value is -1.84. The van der Waals surface area contributed by atoms with Crippen molar-refractivity contribution in [2.75, 3.05) is 19.7 Å². The molecule has 4 nitrogen and oxygen atoms in total. The smallest absolute Gasteiger partial charge is 0.310 e. The highest BCUT2D eigenvalue weighted by Gasteiger charge is 2.30. The van der Waals surface area contributed by atoms with Crippen LogP contribution in [-0.2, 0) is 20.7 Å². The molecular formula is C16H21NO3. The fourth-order valence-corrected chi connectivity index (χ4v) is 2.45. The molecule has 2 rings (SSSR count). The van der Waals surface area contributed by atoms with Gasteiger partial charge >= 0.3 is 5.97 Å². The Morgan fingerprint density at radius 2 is 2.05 bits per heavy atom. The molecule has 1 amide bonds. The second-order valence-electron chi connectivity index (χ2n) is 5.21. The summed E-state index contributed by atoms with van der Waals surface area (Å²) in [4.78, 5) is 24.8. The lowest BCUT2D eigenvalue weighted by molar-refractivity contribution is -0.148. The van der Waals surface area contributed by atoms with Crippen molar-refractivity contribution in [2.45, 2.75) is 26.2 Å². The summed E-state index contributed by atoms with van der Waals surface area (Å²) < 4.78 is 5.30. The first kappa shape index (κ1) is 14.6. The summed E-state index contributed by atoms with van der Waals surface area (Å²) in [6.45, 7) is 3.16. The summed E-state index contributed by atoms with van der Waals surface area (Å²) >= 11 is 0. The van der Waals surface area contributed by atoms with Crippen molar-refractivity contribution in [2.24, 2.45) is 5.92 Å². The summed E-state index contributed by atoms with van der Waals surface area (Å²) in [6.07, 6.45) is 2.47. The molecule has 0 saturated carbocycles. The Labute approximate surface area is 119 Å². The van der Waals surface area contributed by atoms with E-state index in [0.29, 0.717) is 19.7 Å². The molecule has 1 aliphatic rings. The van der Waals surface area contributed by atoms with Crippen molar-refractivity contribution in [1.29, 1.82) is 0 Å². The molecule has 1 fully saturated rings. The van der Waals surface area contributed by atoms with E-state index < -0.39 is 0 Å². The molecule has 1 aromatic rings. The number of nitrogens with zero attached hydrogens (tertiary/aromatic N) is 1. The average molecular weight is 275 g/mol. The van der Waals surface area contributed by atoms with Gasteiger partial charge in [0.1, 0.15) is 0 Å². The van der Waals surface area contributed by atoms with Gasteiger partial charge in [0.2, 0.25) is 5.91 Å². The first-order valence-corrected chi connectivity index (χ1v) is 7.13. The summed E-state index contributed by atoms with van der Waals surface area (Å²) in [5.41, 5.74) is 1.26. The van der Waals surface area contributed by atoms with Crippen molar-refractivity contribution >= 4 is 11.9 Å². The van der Waals surface area contributed by atoms with E-state index in [1.54, 1.807) is 4.90 Å². The molecular weight excluding hydrogens is 254 g/mol. The highest BCUT2D eigenvalue weighted by Crippen LogP contribution is 2.17. The van der Waals surface area contributed by atoms with Gasteiger partial charge in [0.05, 0.1) is 12.5 Å². The van der Waals surface area contributed by atoms with Gasteiger partial charge in [0, 0.05) is 20.0 Å². The monoisotopic (exact) mass is 275 g/mol. The number of esters is 1. The SMILES string of the molecule is CC(=O)N1CC[C@H](C(=O)OCCCc2ccccc2)C1. The van der Waals surface area contributed by atoms with Crippen molar-refractivity contribution < 1.29 is 14.3 Å². The minimum atomic E-state index is -0.165. The first-order chi connectivity index (χ1) is 9.66. The number of hydrogen-bond acceptors (Lipinski definition) is 3. The van der Waals surface area contributed by atoms with E-state index in [1.807, 2.05) is 18.2 Å². The second-order valence-corrected chi connectivity index (χ2v) is 5.21. The van der Waals surface area contributed by atoms with Crippen LogP contribution in [0.25, 0.3) is 0 Å². The Bertz CT molecular complexity index is 458. The molecule has 108 valence electrons. The Morgan fingerprint density at radius 1 is 1.30 bits per heavy atom. The van der Waals surface area contributed by atoms with Crippen molar-refractivity contribution in [3.05, 3.63) is 35.9 Å². The Kier molecular flexibility index (Phi) is 5.16. The first-order valence-electron chi connectivity index (χ1n) is 7.13. The second kappa shape index (κ2) is 7.08. The third-order valence-corrected chi connectivity index (χ3v) is 3.66. The van der Waals surface area contributed by atoms with Crippen LogP contribution in [0.1, 0.15) is 25.3 Å². The predicted octanol–water partition coefficient (Wildman–Crippen LogP) is 2.03. The maximum atomic E-state index is 11.9. The zero-order valence-electron chi connectivity index (χ0n) is 11.9. The van der Waals surface area contributed by atoms with Crippen molar-refractivity contribution in [3.8, 4) is 0 Å². The van der Waals surface area contributed by atoms with Crippen LogP contribution in [-0.4, -0.2) is 36.5 Å². The largest absolute Gasteiger partial charge is 0.465 e. The molecule has 0 unspecified atom stereocenters. The molecule has 0 aromatic heterocycles. The van der Waals surface area contributed by atoms with Crippen LogP contribution in [0.4, 0.5) is 0 Å². The lowest BCUT2D eigenvalue weighted by Gasteiger charge is -2.13. The van der Waals surface area contributed by atoms with Gasteiger partial charge in [-0.3, -0.25) is 9.59 Å². The van der Waals surface area contributed by atoms with Crippen molar-refractivity contribution in [3.63, 3.8) is 0 Å². The Morgan fingerprint density at radius 3 is 2.70 bits per heavy atom. The minimum Gasteiger partial charge on any atom is -0.465 e. The third kappa shape index (κ3) is 4.08. The van der Waals surface area contributed by atoms with E-state index >= 15 is 0 Å². The summed E-state index contributed by atoms with van der Waals surface area (Å²) in [5, 5.41) is 0. The molecule has 0 bridgehead atoms. The van der Waals surface area contributed by atoms with E-state index in [4.69, 9.17) is 4.74 Å². The van der Waals surface area contributed by atoms with Crippen LogP contribution >= 0.6 is 0 Å². The number of ether oxygens (including phenoxy) is 1. The molecule has 1 heterocycles. The number of benzene rings is 1. The molecule has 0 radical (unpaired) electrons. The van der Waals surface area contributed by atoms with Crippen LogP contribution in [0.3, 0.4) is 0 Å². The van der Waals surface area contributed by atoms with Gasteiger partial charge in [-0.2, -0.15) is 0 Å². The molecule has 20 heavy (non-hydrogen) atoms. The number of carbonyl (C=O) groups excluding carboxylic acids is 2. The number of hydrogen-bond donors (Lipinski definition) is 0. The molecule has 0 aliphatic carbocycles. The quantitative estimate of drug-likeness (QED) is 0.610. The van der Waals surface area contributed by atoms with Crippen molar-refractivity contribution in [1.82, 2.24) is 4.90 Å². The molecule has 1 atom stereocenters. The average Bonchev–Trinajstić information content (AvgIpc) is 2.94.